The zero-order chi connectivity index (χ0) is 36.8. The molecule has 0 aromatic heterocycles. The van der Waals surface area contributed by atoms with E-state index in [2.05, 4.69) is 166 Å². The number of halogens is 2. The fourth-order valence-electron chi connectivity index (χ4n) is 6.67. The van der Waals surface area contributed by atoms with Crippen molar-refractivity contribution in [2.75, 3.05) is 0 Å². The summed E-state index contributed by atoms with van der Waals surface area (Å²) < 4.78 is 0. The summed E-state index contributed by atoms with van der Waals surface area (Å²) in [5.41, 5.74) is 14.2. The molecule has 0 aliphatic rings. The van der Waals surface area contributed by atoms with Crippen molar-refractivity contribution in [2.24, 2.45) is 0 Å². The van der Waals surface area contributed by atoms with E-state index in [0.717, 1.165) is 22.4 Å². The fourth-order valence-corrected chi connectivity index (χ4v) is 6.67. The van der Waals surface area contributed by atoms with Crippen LogP contribution in [-0.2, 0) is 33.7 Å². The van der Waals surface area contributed by atoms with Crippen molar-refractivity contribution in [1.82, 2.24) is 0 Å². The molecule has 0 aliphatic heterocycles. The van der Waals surface area contributed by atoms with Gasteiger partial charge in [-0.15, -0.1) is 69.1 Å². The Morgan fingerprint density at radius 3 is 1.24 bits per heavy atom. The molecule has 0 saturated heterocycles. The van der Waals surface area contributed by atoms with E-state index < -0.39 is 20.8 Å². The number of rotatable bonds is 8. The maximum atomic E-state index is 4.93. The van der Waals surface area contributed by atoms with Crippen LogP contribution in [0.2, 0.25) is 13.1 Å². The average molecular weight is 799 g/mol. The summed E-state index contributed by atoms with van der Waals surface area (Å²) in [6, 6.07) is 36.3. The van der Waals surface area contributed by atoms with Crippen LogP contribution in [0.5, 0.6) is 0 Å². The first-order valence-electron chi connectivity index (χ1n) is 18.2. The summed E-state index contributed by atoms with van der Waals surface area (Å²) in [6.07, 6.45) is 4.65. The van der Waals surface area contributed by atoms with Gasteiger partial charge in [-0.3, -0.25) is 0 Å². The molecule has 50 heavy (non-hydrogen) atoms. The Morgan fingerprint density at radius 2 is 0.940 bits per heavy atom. The molecule has 0 bridgehead atoms. The molecule has 0 N–H and O–H groups in total. The minimum atomic E-state index is -0.826. The van der Waals surface area contributed by atoms with Gasteiger partial charge in [-0.1, -0.05) is 138 Å². The molecule has 6 aromatic carbocycles. The second-order valence-electron chi connectivity index (χ2n) is 13.8. The summed E-state index contributed by atoms with van der Waals surface area (Å²) in [6.45, 7) is 22.4. The second-order valence-corrected chi connectivity index (χ2v) is 18.5. The molecule has 0 saturated carbocycles. The standard InChI is InChI=1S/2C22H25.C2H6Si.2ClH.Zr/c2*1-5-8-17-11-12-18-13-19(15(2)3)14-21(18)22(17)20-10-7-6-9-16(20)4;1-3-2;;;/h2*6-7,9-15H,5,8H2,1-4H3;1-2H3;2*1H;/q2*-1;;;;+4/p-2. The summed E-state index contributed by atoms with van der Waals surface area (Å²) in [4.78, 5) is 0. The number of hydrogen-bond acceptors (Lipinski definition) is 0. The van der Waals surface area contributed by atoms with Crippen molar-refractivity contribution in [3.63, 3.8) is 0 Å². The van der Waals surface area contributed by atoms with Gasteiger partial charge in [-0.05, 0) is 60.8 Å². The van der Waals surface area contributed by atoms with Gasteiger partial charge < -0.3 is 0 Å². The molecule has 6 rings (SSSR count). The Hall–Kier alpha value is -2.22. The zero-order valence-corrected chi connectivity index (χ0v) is 36.9. The van der Waals surface area contributed by atoms with Crippen molar-refractivity contribution in [3.05, 3.63) is 130 Å². The molecular formula is C46H56Cl2SiZr. The van der Waals surface area contributed by atoms with Crippen LogP contribution in [0.1, 0.15) is 99.6 Å². The number of hydrogen-bond donors (Lipinski definition) is 0. The summed E-state index contributed by atoms with van der Waals surface area (Å²) in [5.74, 6) is 1.15. The van der Waals surface area contributed by atoms with Crippen LogP contribution in [0.4, 0.5) is 0 Å². The Balaban J connectivity index is 0.000000234. The quantitative estimate of drug-likeness (QED) is 0.106. The van der Waals surface area contributed by atoms with Crippen molar-refractivity contribution in [3.8, 4) is 22.3 Å². The van der Waals surface area contributed by atoms with E-state index in [-0.39, 0.29) is 0 Å². The van der Waals surface area contributed by atoms with Crippen molar-refractivity contribution < 1.29 is 20.8 Å². The molecule has 0 aliphatic carbocycles. The van der Waals surface area contributed by atoms with Crippen LogP contribution < -0.4 is 0 Å². The van der Waals surface area contributed by atoms with Gasteiger partial charge in [0.25, 0.3) is 0 Å². The van der Waals surface area contributed by atoms with E-state index in [9.17, 15) is 0 Å². The molecule has 0 unspecified atom stereocenters. The molecule has 6 aromatic rings. The monoisotopic (exact) mass is 796 g/mol. The second kappa shape index (κ2) is 21.3. The Morgan fingerprint density at radius 1 is 0.600 bits per heavy atom. The molecule has 0 heterocycles. The van der Waals surface area contributed by atoms with Gasteiger partial charge in [0.15, 0.2) is 0 Å². The van der Waals surface area contributed by atoms with Crippen molar-refractivity contribution in [2.45, 2.75) is 106 Å². The Labute approximate surface area is 325 Å². The Bertz CT molecular complexity index is 1770. The van der Waals surface area contributed by atoms with E-state index in [1.807, 2.05) is 0 Å². The molecule has 0 amide bonds. The van der Waals surface area contributed by atoms with Crippen LogP contribution in [0.15, 0.2) is 97.1 Å². The molecule has 0 atom stereocenters. The predicted molar refractivity (Wildman–Crippen MR) is 225 cm³/mol. The van der Waals surface area contributed by atoms with Crippen LogP contribution in [0.25, 0.3) is 43.8 Å². The molecular weight excluding hydrogens is 743 g/mol. The van der Waals surface area contributed by atoms with E-state index in [1.165, 1.54) is 90.0 Å². The third kappa shape index (κ3) is 10.9. The predicted octanol–water partition coefficient (Wildman–Crippen LogP) is 15.4. The first kappa shape index (κ1) is 42.2. The SMILES string of the molecule is CCCc1ccc2[cH-]c(C(C)C)cc2c1-c1ccccc1C.CCCc1ccc2[cH-]c(C(C)C)cc2c1-c1ccccc1C.C[Si]C.[Cl][Zr+2][Cl]. The maximum absolute atomic E-state index is 4.93. The number of fused-ring (bicyclic) bond motifs is 2. The fraction of sp³-hybridized carbons (Fsp3) is 0.348. The number of aryl methyl sites for hydroxylation is 4. The molecule has 0 spiro atoms. The van der Waals surface area contributed by atoms with Crippen molar-refractivity contribution in [1.29, 1.82) is 0 Å². The number of benzene rings is 4. The van der Waals surface area contributed by atoms with E-state index in [4.69, 9.17) is 17.0 Å². The molecule has 0 nitrogen and oxygen atoms in total. The molecule has 2 radical (unpaired) electrons. The third-order valence-corrected chi connectivity index (χ3v) is 9.20. The van der Waals surface area contributed by atoms with Gasteiger partial charge >= 0.3 is 37.9 Å². The van der Waals surface area contributed by atoms with Crippen LogP contribution in [0.3, 0.4) is 0 Å². The molecule has 4 heteroatoms. The first-order valence-corrected chi connectivity index (χ1v) is 26.5. The van der Waals surface area contributed by atoms with Gasteiger partial charge in [-0.2, -0.15) is 12.1 Å². The third-order valence-electron chi connectivity index (χ3n) is 9.20. The summed E-state index contributed by atoms with van der Waals surface area (Å²) >= 11 is -0.826. The van der Waals surface area contributed by atoms with Crippen LogP contribution in [-0.4, -0.2) is 9.52 Å². The average Bonchev–Trinajstić information content (AvgIpc) is 3.73. The van der Waals surface area contributed by atoms with E-state index in [1.54, 1.807) is 0 Å². The first-order chi connectivity index (χ1) is 24.1. The Kier molecular flexibility index (Phi) is 18.0. The summed E-state index contributed by atoms with van der Waals surface area (Å²) in [5, 5.41) is 5.59. The summed E-state index contributed by atoms with van der Waals surface area (Å²) in [7, 11) is 11.0. The van der Waals surface area contributed by atoms with Crippen molar-refractivity contribution >= 4 is 48.1 Å². The molecule has 0 fully saturated rings. The molecule has 262 valence electrons. The van der Waals surface area contributed by atoms with Gasteiger partial charge in [0, 0.05) is 9.52 Å². The minimum absolute atomic E-state index is 0.576. The zero-order valence-electron chi connectivity index (χ0n) is 32.0. The van der Waals surface area contributed by atoms with Crippen LogP contribution >= 0.6 is 17.0 Å². The van der Waals surface area contributed by atoms with Gasteiger partial charge in [0.1, 0.15) is 0 Å². The van der Waals surface area contributed by atoms with Gasteiger partial charge in [0.05, 0.1) is 0 Å². The van der Waals surface area contributed by atoms with E-state index in [0.29, 0.717) is 11.8 Å². The van der Waals surface area contributed by atoms with E-state index >= 15 is 0 Å². The topological polar surface area (TPSA) is 0 Å². The van der Waals surface area contributed by atoms with Crippen LogP contribution in [0, 0.1) is 13.8 Å². The van der Waals surface area contributed by atoms with Gasteiger partial charge in [-0.25, -0.2) is 0 Å². The van der Waals surface area contributed by atoms with Gasteiger partial charge in [0.2, 0.25) is 0 Å². The normalized spacial score (nSPS) is 10.7.